The van der Waals surface area contributed by atoms with Crippen LogP contribution in [0.3, 0.4) is 0 Å². The highest BCUT2D eigenvalue weighted by atomic mass is 32.1. The molecule has 2 rings (SSSR count). The normalized spacial score (nSPS) is 20.6. The van der Waals surface area contributed by atoms with Gasteiger partial charge in [-0.3, -0.25) is 14.4 Å². The number of fused-ring (bicyclic) bond motifs is 1. The van der Waals surface area contributed by atoms with Crippen LogP contribution in [0.2, 0.25) is 0 Å². The number of ether oxygens (including phenoxy) is 1. The Balaban J connectivity index is 2.33. The Hall–Kier alpha value is -2.09. The van der Waals surface area contributed by atoms with Gasteiger partial charge in [-0.25, -0.2) is 9.78 Å². The van der Waals surface area contributed by atoms with E-state index in [0.717, 1.165) is 18.4 Å². The minimum absolute atomic E-state index is 0.288. The van der Waals surface area contributed by atoms with Gasteiger partial charge in [0.15, 0.2) is 10.9 Å². The van der Waals surface area contributed by atoms with Gasteiger partial charge < -0.3 is 10.1 Å². The molecule has 1 aliphatic carbocycles. The van der Waals surface area contributed by atoms with Crippen molar-refractivity contribution in [3.63, 3.8) is 0 Å². The number of thiazole rings is 1. The second-order valence-corrected chi connectivity index (χ2v) is 5.85. The molecule has 21 heavy (non-hydrogen) atoms. The zero-order valence-electron chi connectivity index (χ0n) is 11.8. The van der Waals surface area contributed by atoms with Crippen LogP contribution in [0.1, 0.15) is 29.2 Å². The Kier molecular flexibility index (Phi) is 4.17. The van der Waals surface area contributed by atoms with E-state index in [0.29, 0.717) is 22.1 Å². The van der Waals surface area contributed by atoms with Crippen molar-refractivity contribution < 1.29 is 23.9 Å². The maximum absolute atomic E-state index is 12.4. The molecule has 1 N–H and O–H groups in total. The topological polar surface area (TPSA) is 102 Å². The second-order valence-electron chi connectivity index (χ2n) is 4.86. The molecule has 0 saturated heterocycles. The van der Waals surface area contributed by atoms with Gasteiger partial charge in [0.2, 0.25) is 5.91 Å². The number of ketones is 2. The Labute approximate surface area is 124 Å². The first-order chi connectivity index (χ1) is 9.85. The summed E-state index contributed by atoms with van der Waals surface area (Å²) in [6.45, 7) is 3.05. The summed E-state index contributed by atoms with van der Waals surface area (Å²) in [6, 6.07) is 0. The predicted molar refractivity (Wildman–Crippen MR) is 74.1 cm³/mol. The maximum atomic E-state index is 12.4. The lowest BCUT2D eigenvalue weighted by molar-refractivity contribution is -0.153. The average Bonchev–Trinajstić information content (AvgIpc) is 2.79. The Morgan fingerprint density at radius 1 is 1.38 bits per heavy atom. The molecule has 1 aromatic rings. The first-order valence-electron chi connectivity index (χ1n) is 6.28. The Morgan fingerprint density at radius 3 is 2.62 bits per heavy atom. The van der Waals surface area contributed by atoms with Gasteiger partial charge in [0.05, 0.1) is 23.6 Å². The summed E-state index contributed by atoms with van der Waals surface area (Å²) in [5.74, 6) is -3.97. The number of anilines is 1. The highest BCUT2D eigenvalue weighted by Crippen LogP contribution is 2.35. The fraction of sp³-hybridized carbons (Fsp3) is 0.462. The SMILES string of the molecule is COC(=O)C(=O)C1C(=O)c2sc(NC(C)=O)nc2CC1C. The van der Waals surface area contributed by atoms with E-state index in [4.69, 9.17) is 0 Å². The molecular formula is C13H14N2O5S. The van der Waals surface area contributed by atoms with Crippen LogP contribution in [-0.2, 0) is 25.5 Å². The Morgan fingerprint density at radius 2 is 2.05 bits per heavy atom. The molecule has 1 amide bonds. The standard InChI is InChI=1S/C13H14N2O5S/c1-5-4-7-11(21-13(15-7)14-6(2)16)9(17)8(5)10(18)12(19)20-3/h5,8H,4H2,1-3H3,(H,14,15,16). The monoisotopic (exact) mass is 310 g/mol. The lowest BCUT2D eigenvalue weighted by Crippen LogP contribution is -2.39. The molecule has 7 nitrogen and oxygen atoms in total. The van der Waals surface area contributed by atoms with Crippen LogP contribution in [0.5, 0.6) is 0 Å². The summed E-state index contributed by atoms with van der Waals surface area (Å²) >= 11 is 1.02. The van der Waals surface area contributed by atoms with Gasteiger partial charge >= 0.3 is 5.97 Å². The summed E-state index contributed by atoms with van der Waals surface area (Å²) in [5.41, 5.74) is 0.551. The van der Waals surface area contributed by atoms with Crippen LogP contribution in [-0.4, -0.2) is 35.5 Å². The van der Waals surface area contributed by atoms with Crippen LogP contribution in [0, 0.1) is 11.8 Å². The zero-order valence-corrected chi connectivity index (χ0v) is 12.6. The van der Waals surface area contributed by atoms with Crippen molar-refractivity contribution >= 4 is 39.9 Å². The number of methoxy groups -OCH3 is 1. The maximum Gasteiger partial charge on any atom is 0.375 e. The van der Waals surface area contributed by atoms with Crippen LogP contribution in [0.4, 0.5) is 5.13 Å². The molecule has 2 atom stereocenters. The molecule has 0 fully saturated rings. The number of Topliss-reactive ketones (excluding diaryl/α,β-unsaturated/α-hetero) is 2. The number of carbonyl (C=O) groups excluding carboxylic acids is 4. The average molecular weight is 310 g/mol. The summed E-state index contributed by atoms with van der Waals surface area (Å²) in [5, 5.41) is 2.83. The fourth-order valence-corrected chi connectivity index (χ4v) is 3.33. The molecule has 0 saturated carbocycles. The van der Waals surface area contributed by atoms with E-state index in [2.05, 4.69) is 15.0 Å². The van der Waals surface area contributed by atoms with E-state index in [9.17, 15) is 19.2 Å². The predicted octanol–water partition coefficient (Wildman–Crippen LogP) is 0.835. The molecule has 0 aliphatic heterocycles. The van der Waals surface area contributed by atoms with Gasteiger partial charge in [0, 0.05) is 6.92 Å². The number of hydrogen-bond acceptors (Lipinski definition) is 7. The van der Waals surface area contributed by atoms with Gasteiger partial charge in [-0.05, 0) is 12.3 Å². The second kappa shape index (κ2) is 5.72. The molecule has 1 heterocycles. The van der Waals surface area contributed by atoms with Crippen LogP contribution in [0.25, 0.3) is 0 Å². The van der Waals surface area contributed by atoms with Crippen LogP contribution in [0.15, 0.2) is 0 Å². The number of rotatable bonds is 3. The third-order valence-electron chi connectivity index (χ3n) is 3.24. The molecule has 2 unspecified atom stereocenters. The summed E-state index contributed by atoms with van der Waals surface area (Å²) in [7, 11) is 1.10. The third-order valence-corrected chi connectivity index (χ3v) is 4.27. The van der Waals surface area contributed by atoms with E-state index in [1.165, 1.54) is 6.92 Å². The number of esters is 1. The molecule has 0 bridgehead atoms. The highest BCUT2D eigenvalue weighted by Gasteiger charge is 2.43. The summed E-state index contributed by atoms with van der Waals surface area (Å²) in [4.78, 5) is 51.3. The van der Waals surface area contributed by atoms with E-state index in [-0.39, 0.29) is 11.8 Å². The number of nitrogens with one attached hydrogen (secondary N) is 1. The number of hydrogen-bond donors (Lipinski definition) is 1. The number of carbonyl (C=O) groups is 4. The highest BCUT2D eigenvalue weighted by molar-refractivity contribution is 7.17. The van der Waals surface area contributed by atoms with Crippen molar-refractivity contribution in [1.29, 1.82) is 0 Å². The van der Waals surface area contributed by atoms with Gasteiger partial charge in [-0.1, -0.05) is 18.3 Å². The van der Waals surface area contributed by atoms with Crippen molar-refractivity contribution in [2.45, 2.75) is 20.3 Å². The lowest BCUT2D eigenvalue weighted by Gasteiger charge is -2.24. The molecule has 0 spiro atoms. The zero-order chi connectivity index (χ0) is 15.7. The van der Waals surface area contributed by atoms with Crippen molar-refractivity contribution in [2.75, 3.05) is 12.4 Å². The van der Waals surface area contributed by atoms with Crippen molar-refractivity contribution in [1.82, 2.24) is 4.98 Å². The van der Waals surface area contributed by atoms with Crippen molar-refractivity contribution in [2.24, 2.45) is 11.8 Å². The van der Waals surface area contributed by atoms with Crippen LogP contribution >= 0.6 is 11.3 Å². The summed E-state index contributed by atoms with van der Waals surface area (Å²) in [6.07, 6.45) is 0.393. The third kappa shape index (κ3) is 2.85. The number of nitrogens with zero attached hydrogens (tertiary/aromatic N) is 1. The molecular weight excluding hydrogens is 296 g/mol. The van der Waals surface area contributed by atoms with E-state index >= 15 is 0 Å². The summed E-state index contributed by atoms with van der Waals surface area (Å²) < 4.78 is 4.40. The number of aromatic nitrogens is 1. The van der Waals surface area contributed by atoms with E-state index in [1.807, 2.05) is 0 Å². The van der Waals surface area contributed by atoms with Crippen molar-refractivity contribution in [3.05, 3.63) is 10.6 Å². The minimum atomic E-state index is -1.05. The fourth-order valence-electron chi connectivity index (χ4n) is 2.31. The van der Waals surface area contributed by atoms with Gasteiger partial charge in [0.1, 0.15) is 0 Å². The van der Waals surface area contributed by atoms with E-state index < -0.39 is 23.5 Å². The lowest BCUT2D eigenvalue weighted by atomic mass is 9.78. The van der Waals surface area contributed by atoms with Crippen LogP contribution < -0.4 is 5.32 Å². The van der Waals surface area contributed by atoms with Crippen molar-refractivity contribution in [3.8, 4) is 0 Å². The molecule has 0 radical (unpaired) electrons. The molecule has 112 valence electrons. The quantitative estimate of drug-likeness (QED) is 0.504. The smallest absolute Gasteiger partial charge is 0.375 e. The molecule has 8 heteroatoms. The largest absolute Gasteiger partial charge is 0.463 e. The number of amides is 1. The van der Waals surface area contributed by atoms with Gasteiger partial charge in [-0.15, -0.1) is 0 Å². The first kappa shape index (κ1) is 15.3. The van der Waals surface area contributed by atoms with Gasteiger partial charge in [-0.2, -0.15) is 0 Å². The molecule has 1 aromatic heterocycles. The Bertz CT molecular complexity index is 637. The molecule has 1 aliphatic rings. The van der Waals surface area contributed by atoms with Gasteiger partial charge in [0.25, 0.3) is 5.78 Å². The minimum Gasteiger partial charge on any atom is -0.463 e. The first-order valence-corrected chi connectivity index (χ1v) is 7.10. The molecule has 0 aromatic carbocycles. The van der Waals surface area contributed by atoms with E-state index in [1.54, 1.807) is 6.92 Å².